The van der Waals surface area contributed by atoms with Crippen LogP contribution in [0, 0.1) is 13.8 Å². The number of carbonyl (C=O) groups is 2. The number of rotatable bonds is 6. The smallest absolute Gasteiger partial charge is 0.339 e. The molecule has 0 bridgehead atoms. The summed E-state index contributed by atoms with van der Waals surface area (Å²) in [5, 5.41) is 7.05. The van der Waals surface area contributed by atoms with Crippen LogP contribution < -0.4 is 5.32 Å². The molecule has 7 heteroatoms. The number of hydrogen-bond donors (Lipinski definition) is 2. The monoisotopic (exact) mass is 349 g/mol. The number of thiophene rings is 1. The fraction of sp³-hybridized carbons (Fsp3) is 0.412. The molecule has 130 valence electrons. The highest BCUT2D eigenvalue weighted by atomic mass is 32.1. The van der Waals surface area contributed by atoms with E-state index in [4.69, 9.17) is 4.74 Å². The number of H-pyrrole nitrogens is 1. The molecular formula is C17H23N3O3S. The SMILES string of the molecule is COC(=O)c1c(C)[nH]c(C(=O)NCC(c2ccsc2)N(C)C)c1C. The molecule has 0 aliphatic rings. The third-order valence-corrected chi connectivity index (χ3v) is 4.76. The largest absolute Gasteiger partial charge is 0.465 e. The second-order valence-corrected chi connectivity index (χ2v) is 6.64. The van der Waals surface area contributed by atoms with Gasteiger partial charge in [-0.05, 0) is 55.9 Å². The number of methoxy groups -OCH3 is 1. The summed E-state index contributed by atoms with van der Waals surface area (Å²) in [7, 11) is 5.29. The number of hydrogen-bond acceptors (Lipinski definition) is 5. The Kier molecular flexibility index (Phi) is 5.80. The number of esters is 1. The lowest BCUT2D eigenvalue weighted by Gasteiger charge is -2.24. The van der Waals surface area contributed by atoms with Crippen LogP contribution in [0.4, 0.5) is 0 Å². The zero-order valence-electron chi connectivity index (χ0n) is 14.6. The van der Waals surface area contributed by atoms with Gasteiger partial charge in [0.1, 0.15) is 5.69 Å². The molecule has 2 heterocycles. The predicted octanol–water partition coefficient (Wildman–Crippen LogP) is 2.51. The van der Waals surface area contributed by atoms with Crippen molar-refractivity contribution in [3.05, 3.63) is 44.9 Å². The van der Waals surface area contributed by atoms with E-state index in [0.717, 1.165) is 0 Å². The maximum atomic E-state index is 12.5. The van der Waals surface area contributed by atoms with Crippen LogP contribution in [0.3, 0.4) is 0 Å². The quantitative estimate of drug-likeness (QED) is 0.786. The van der Waals surface area contributed by atoms with E-state index in [1.54, 1.807) is 25.2 Å². The molecule has 1 unspecified atom stereocenters. The minimum absolute atomic E-state index is 0.0941. The summed E-state index contributed by atoms with van der Waals surface area (Å²) in [6, 6.07) is 2.15. The van der Waals surface area contributed by atoms with Crippen molar-refractivity contribution in [3.8, 4) is 0 Å². The standard InChI is InChI=1S/C17H23N3O3S/c1-10-14(17(22)23-5)11(2)19-15(10)16(21)18-8-13(20(3)4)12-6-7-24-9-12/h6-7,9,13,19H,8H2,1-5H3,(H,18,21). The van der Waals surface area contributed by atoms with Crippen molar-refractivity contribution in [1.29, 1.82) is 0 Å². The van der Waals surface area contributed by atoms with E-state index in [2.05, 4.69) is 26.6 Å². The fourth-order valence-electron chi connectivity index (χ4n) is 2.73. The van der Waals surface area contributed by atoms with E-state index in [-0.39, 0.29) is 11.9 Å². The van der Waals surface area contributed by atoms with E-state index in [9.17, 15) is 9.59 Å². The summed E-state index contributed by atoms with van der Waals surface area (Å²) in [6.07, 6.45) is 0. The Bertz CT molecular complexity index is 720. The van der Waals surface area contributed by atoms with Gasteiger partial charge in [0.15, 0.2) is 0 Å². The van der Waals surface area contributed by atoms with Gasteiger partial charge in [-0.2, -0.15) is 11.3 Å². The van der Waals surface area contributed by atoms with Crippen molar-refractivity contribution in [2.24, 2.45) is 0 Å². The molecule has 0 spiro atoms. The summed E-state index contributed by atoms with van der Waals surface area (Å²) in [6.45, 7) is 3.98. The zero-order valence-corrected chi connectivity index (χ0v) is 15.4. The maximum absolute atomic E-state index is 12.5. The van der Waals surface area contributed by atoms with E-state index in [1.165, 1.54) is 12.7 Å². The number of ether oxygens (including phenoxy) is 1. The first-order chi connectivity index (χ1) is 11.4. The van der Waals surface area contributed by atoms with Crippen LogP contribution >= 0.6 is 11.3 Å². The van der Waals surface area contributed by atoms with E-state index >= 15 is 0 Å². The third kappa shape index (κ3) is 3.68. The van der Waals surface area contributed by atoms with Crippen LogP contribution in [0.25, 0.3) is 0 Å². The number of aryl methyl sites for hydroxylation is 1. The minimum atomic E-state index is -0.440. The van der Waals surface area contributed by atoms with Crippen molar-refractivity contribution >= 4 is 23.2 Å². The van der Waals surface area contributed by atoms with E-state index in [1.807, 2.05) is 19.5 Å². The number of nitrogens with zero attached hydrogens (tertiary/aromatic N) is 1. The Hall–Kier alpha value is -2.12. The Labute approximate surface area is 145 Å². The van der Waals surface area contributed by atoms with Gasteiger partial charge >= 0.3 is 5.97 Å². The van der Waals surface area contributed by atoms with Crippen molar-refractivity contribution < 1.29 is 14.3 Å². The predicted molar refractivity (Wildman–Crippen MR) is 94.7 cm³/mol. The van der Waals surface area contributed by atoms with Gasteiger partial charge in [0, 0.05) is 12.2 Å². The van der Waals surface area contributed by atoms with Crippen LogP contribution in [0.2, 0.25) is 0 Å². The molecule has 0 aliphatic carbocycles. The molecule has 2 aromatic rings. The van der Waals surface area contributed by atoms with Gasteiger partial charge in [0.05, 0.1) is 18.7 Å². The lowest BCUT2D eigenvalue weighted by atomic mass is 10.1. The molecule has 0 saturated carbocycles. The average Bonchev–Trinajstić information content (AvgIpc) is 3.15. The van der Waals surface area contributed by atoms with Gasteiger partial charge in [0.2, 0.25) is 0 Å². The van der Waals surface area contributed by atoms with Crippen molar-refractivity contribution in [3.63, 3.8) is 0 Å². The Morgan fingerprint density at radius 3 is 2.62 bits per heavy atom. The van der Waals surface area contributed by atoms with Crippen LogP contribution in [-0.4, -0.2) is 49.5 Å². The van der Waals surface area contributed by atoms with Gasteiger partial charge < -0.3 is 19.9 Å². The molecule has 0 aromatic carbocycles. The van der Waals surface area contributed by atoms with Crippen molar-refractivity contribution in [2.45, 2.75) is 19.9 Å². The molecule has 2 aromatic heterocycles. The molecule has 1 amide bonds. The molecule has 6 nitrogen and oxygen atoms in total. The molecule has 0 aliphatic heterocycles. The first-order valence-corrected chi connectivity index (χ1v) is 8.55. The van der Waals surface area contributed by atoms with Gasteiger partial charge in [-0.3, -0.25) is 4.79 Å². The summed E-state index contributed by atoms with van der Waals surface area (Å²) in [5.41, 5.74) is 3.22. The summed E-state index contributed by atoms with van der Waals surface area (Å²) < 4.78 is 4.77. The van der Waals surface area contributed by atoms with E-state index < -0.39 is 5.97 Å². The number of amides is 1. The highest BCUT2D eigenvalue weighted by Gasteiger charge is 2.23. The summed E-state index contributed by atoms with van der Waals surface area (Å²) in [4.78, 5) is 29.4. The average molecular weight is 349 g/mol. The van der Waals surface area contributed by atoms with Gasteiger partial charge in [-0.15, -0.1) is 0 Å². The highest BCUT2D eigenvalue weighted by molar-refractivity contribution is 7.07. The molecule has 1 atom stereocenters. The number of likely N-dealkylation sites (N-methyl/N-ethyl adjacent to an activating group) is 1. The van der Waals surface area contributed by atoms with Gasteiger partial charge in [-0.1, -0.05) is 0 Å². The molecule has 2 rings (SSSR count). The Morgan fingerprint density at radius 2 is 2.08 bits per heavy atom. The fourth-order valence-corrected chi connectivity index (χ4v) is 3.43. The Balaban J connectivity index is 2.14. The molecule has 2 N–H and O–H groups in total. The van der Waals surface area contributed by atoms with Crippen LogP contribution in [0.5, 0.6) is 0 Å². The first kappa shape index (κ1) is 18.2. The molecule has 0 radical (unpaired) electrons. The second kappa shape index (κ2) is 7.63. The number of carbonyl (C=O) groups excluding carboxylic acids is 2. The topological polar surface area (TPSA) is 74.4 Å². The number of aromatic nitrogens is 1. The van der Waals surface area contributed by atoms with Crippen molar-refractivity contribution in [1.82, 2.24) is 15.2 Å². The second-order valence-electron chi connectivity index (χ2n) is 5.86. The lowest BCUT2D eigenvalue weighted by molar-refractivity contribution is 0.0599. The summed E-state index contributed by atoms with van der Waals surface area (Å²) >= 11 is 1.63. The lowest BCUT2D eigenvalue weighted by Crippen LogP contribution is -2.34. The molecule has 0 fully saturated rings. The normalized spacial score (nSPS) is 12.2. The molecule has 0 saturated heterocycles. The third-order valence-electron chi connectivity index (χ3n) is 4.06. The van der Waals surface area contributed by atoms with Crippen LogP contribution in [-0.2, 0) is 4.74 Å². The van der Waals surface area contributed by atoms with Crippen LogP contribution in [0.1, 0.15) is 43.7 Å². The Morgan fingerprint density at radius 1 is 1.38 bits per heavy atom. The summed E-state index contributed by atoms with van der Waals surface area (Å²) in [5.74, 6) is -0.669. The van der Waals surface area contributed by atoms with Gasteiger partial charge in [-0.25, -0.2) is 4.79 Å². The van der Waals surface area contributed by atoms with Crippen LogP contribution in [0.15, 0.2) is 16.8 Å². The van der Waals surface area contributed by atoms with Gasteiger partial charge in [0.25, 0.3) is 5.91 Å². The van der Waals surface area contributed by atoms with E-state index in [0.29, 0.717) is 29.1 Å². The maximum Gasteiger partial charge on any atom is 0.339 e. The minimum Gasteiger partial charge on any atom is -0.465 e. The van der Waals surface area contributed by atoms with Crippen molar-refractivity contribution in [2.75, 3.05) is 27.7 Å². The highest BCUT2D eigenvalue weighted by Crippen LogP contribution is 2.21. The number of nitrogens with one attached hydrogen (secondary N) is 2. The zero-order chi connectivity index (χ0) is 17.9. The molecule has 24 heavy (non-hydrogen) atoms. The first-order valence-electron chi connectivity index (χ1n) is 7.61. The molecular weight excluding hydrogens is 326 g/mol. The number of aromatic amines is 1.